The van der Waals surface area contributed by atoms with E-state index in [1.165, 1.54) is 0 Å². The number of halogens is 1. The van der Waals surface area contributed by atoms with Gasteiger partial charge in [-0.05, 0) is 13.8 Å². The molecule has 2 nitrogen and oxygen atoms in total. The Balaban J connectivity index is 2.49. The summed E-state index contributed by atoms with van der Waals surface area (Å²) in [6.45, 7) is 6.06. The third-order valence-corrected chi connectivity index (χ3v) is 1.95. The van der Waals surface area contributed by atoms with Gasteiger partial charge in [0.05, 0.1) is 0 Å². The fourth-order valence-corrected chi connectivity index (χ4v) is 1.48. The third-order valence-electron chi connectivity index (χ3n) is 1.95. The molecule has 0 bridgehead atoms. The molecule has 0 spiro atoms. The summed E-state index contributed by atoms with van der Waals surface area (Å²) in [5, 5.41) is 0. The molecule has 11 heavy (non-hydrogen) atoms. The van der Waals surface area contributed by atoms with Crippen molar-refractivity contribution in [2.24, 2.45) is 5.92 Å². The minimum Gasteiger partial charge on any atom is -0.350 e. The molecule has 1 saturated heterocycles. The summed E-state index contributed by atoms with van der Waals surface area (Å²) in [7, 11) is 0. The molecule has 66 valence electrons. The van der Waals surface area contributed by atoms with Crippen LogP contribution in [0.5, 0.6) is 0 Å². The minimum absolute atomic E-state index is 0.0495. The van der Waals surface area contributed by atoms with Gasteiger partial charge < -0.3 is 9.47 Å². The van der Waals surface area contributed by atoms with E-state index in [1.54, 1.807) is 6.92 Å². The first-order chi connectivity index (χ1) is 5.07. The van der Waals surface area contributed by atoms with E-state index in [9.17, 15) is 4.39 Å². The van der Waals surface area contributed by atoms with Gasteiger partial charge >= 0.3 is 0 Å². The minimum atomic E-state index is -1.16. The van der Waals surface area contributed by atoms with Crippen molar-refractivity contribution in [3.8, 4) is 0 Å². The van der Waals surface area contributed by atoms with Crippen molar-refractivity contribution in [3.05, 3.63) is 0 Å². The van der Waals surface area contributed by atoms with Gasteiger partial charge in [-0.25, -0.2) is 4.39 Å². The van der Waals surface area contributed by atoms with Gasteiger partial charge in [-0.3, -0.25) is 0 Å². The summed E-state index contributed by atoms with van der Waals surface area (Å²) in [4.78, 5) is 0. The number of ether oxygens (including phenoxy) is 2. The van der Waals surface area contributed by atoms with Crippen LogP contribution in [-0.2, 0) is 9.47 Å². The van der Waals surface area contributed by atoms with Gasteiger partial charge in [-0.15, -0.1) is 0 Å². The average molecular weight is 162 g/mol. The van der Waals surface area contributed by atoms with Crippen molar-refractivity contribution in [3.63, 3.8) is 0 Å². The molecule has 1 aliphatic rings. The lowest BCUT2D eigenvalue weighted by molar-refractivity contribution is -0.233. The quantitative estimate of drug-likeness (QED) is 0.619. The molecule has 3 atom stereocenters. The second-order valence-corrected chi connectivity index (χ2v) is 3.22. The maximum Gasteiger partial charge on any atom is 0.204 e. The first-order valence-electron chi connectivity index (χ1n) is 4.03. The fourth-order valence-electron chi connectivity index (χ4n) is 1.48. The van der Waals surface area contributed by atoms with E-state index in [2.05, 4.69) is 0 Å². The van der Waals surface area contributed by atoms with Crippen LogP contribution in [0.25, 0.3) is 0 Å². The van der Waals surface area contributed by atoms with Gasteiger partial charge in [-0.2, -0.15) is 0 Å². The maximum absolute atomic E-state index is 12.8. The van der Waals surface area contributed by atoms with Crippen molar-refractivity contribution in [2.75, 3.05) is 6.61 Å². The summed E-state index contributed by atoms with van der Waals surface area (Å²) in [5.41, 5.74) is 0. The van der Waals surface area contributed by atoms with Crippen LogP contribution >= 0.6 is 0 Å². The molecule has 0 radical (unpaired) electrons. The zero-order valence-electron chi connectivity index (χ0n) is 7.26. The smallest absolute Gasteiger partial charge is 0.204 e. The van der Waals surface area contributed by atoms with Crippen LogP contribution < -0.4 is 0 Å². The number of hydrogen-bond acceptors (Lipinski definition) is 2. The Bertz CT molecular complexity index is 128. The lowest BCUT2D eigenvalue weighted by Gasteiger charge is -2.22. The Morgan fingerprint density at radius 3 is 2.73 bits per heavy atom. The molecule has 0 aromatic rings. The molecule has 3 heteroatoms. The standard InChI is InChI=1S/C8H15FO2/c1-4-10-8(3)5-6(2)7(9)11-8/h6-7H,4-5H2,1-3H3. The highest BCUT2D eigenvalue weighted by Gasteiger charge is 2.41. The Morgan fingerprint density at radius 2 is 2.36 bits per heavy atom. The van der Waals surface area contributed by atoms with Gasteiger partial charge in [0.15, 0.2) is 5.79 Å². The number of hydrogen-bond donors (Lipinski definition) is 0. The molecule has 1 aliphatic heterocycles. The van der Waals surface area contributed by atoms with Crippen molar-refractivity contribution >= 4 is 0 Å². The largest absolute Gasteiger partial charge is 0.350 e. The van der Waals surface area contributed by atoms with E-state index in [4.69, 9.17) is 9.47 Å². The summed E-state index contributed by atoms with van der Waals surface area (Å²) in [6.07, 6.45) is -0.520. The lowest BCUT2D eigenvalue weighted by atomic mass is 10.1. The molecule has 1 rings (SSSR count). The summed E-state index contributed by atoms with van der Waals surface area (Å²) >= 11 is 0. The second-order valence-electron chi connectivity index (χ2n) is 3.22. The van der Waals surface area contributed by atoms with Crippen molar-refractivity contribution < 1.29 is 13.9 Å². The van der Waals surface area contributed by atoms with E-state index < -0.39 is 12.1 Å². The second kappa shape index (κ2) is 3.07. The van der Waals surface area contributed by atoms with Gasteiger partial charge in [0.1, 0.15) is 0 Å². The molecule has 0 aliphatic carbocycles. The first-order valence-corrected chi connectivity index (χ1v) is 4.03. The van der Waals surface area contributed by atoms with Crippen LogP contribution in [0.4, 0.5) is 4.39 Å². The molecule has 0 aromatic carbocycles. The average Bonchev–Trinajstić information content (AvgIpc) is 2.08. The highest BCUT2D eigenvalue weighted by molar-refractivity contribution is 4.77. The highest BCUT2D eigenvalue weighted by Crippen LogP contribution is 2.35. The molecule has 0 N–H and O–H groups in total. The fraction of sp³-hybridized carbons (Fsp3) is 1.00. The highest BCUT2D eigenvalue weighted by atomic mass is 19.1. The van der Waals surface area contributed by atoms with Crippen LogP contribution in [-0.4, -0.2) is 18.8 Å². The van der Waals surface area contributed by atoms with E-state index in [0.29, 0.717) is 13.0 Å². The molecular weight excluding hydrogens is 147 g/mol. The Labute approximate surface area is 66.7 Å². The molecule has 0 saturated carbocycles. The van der Waals surface area contributed by atoms with Gasteiger partial charge in [0.2, 0.25) is 6.36 Å². The molecule has 0 aromatic heterocycles. The lowest BCUT2D eigenvalue weighted by Crippen LogP contribution is -2.27. The van der Waals surface area contributed by atoms with Crippen molar-refractivity contribution in [1.82, 2.24) is 0 Å². The molecule has 0 amide bonds. The van der Waals surface area contributed by atoms with Crippen LogP contribution in [0.15, 0.2) is 0 Å². The molecule has 1 fully saturated rings. The van der Waals surface area contributed by atoms with Crippen molar-refractivity contribution in [1.29, 1.82) is 0 Å². The van der Waals surface area contributed by atoms with Gasteiger partial charge in [0, 0.05) is 18.9 Å². The normalized spacial score (nSPS) is 44.7. The van der Waals surface area contributed by atoms with E-state index >= 15 is 0 Å². The first kappa shape index (κ1) is 8.94. The predicted molar refractivity (Wildman–Crippen MR) is 39.8 cm³/mol. The molecule has 3 unspecified atom stereocenters. The Kier molecular flexibility index (Phi) is 2.50. The predicted octanol–water partition coefficient (Wildman–Crippen LogP) is 2.09. The molecular formula is C8H15FO2. The third kappa shape index (κ3) is 1.91. The Morgan fingerprint density at radius 1 is 1.73 bits per heavy atom. The maximum atomic E-state index is 12.8. The summed E-state index contributed by atoms with van der Waals surface area (Å²) < 4.78 is 23.1. The van der Waals surface area contributed by atoms with Crippen molar-refractivity contribution in [2.45, 2.75) is 39.3 Å². The van der Waals surface area contributed by atoms with Crippen LogP contribution in [0.2, 0.25) is 0 Å². The van der Waals surface area contributed by atoms with Gasteiger partial charge in [-0.1, -0.05) is 6.92 Å². The Hall–Kier alpha value is -0.150. The van der Waals surface area contributed by atoms with E-state index in [1.807, 2.05) is 13.8 Å². The van der Waals surface area contributed by atoms with Gasteiger partial charge in [0.25, 0.3) is 0 Å². The zero-order chi connectivity index (χ0) is 8.48. The summed E-state index contributed by atoms with van der Waals surface area (Å²) in [5.74, 6) is -0.736. The van der Waals surface area contributed by atoms with Crippen LogP contribution in [0.3, 0.4) is 0 Å². The summed E-state index contributed by atoms with van der Waals surface area (Å²) in [6, 6.07) is 0. The van der Waals surface area contributed by atoms with E-state index in [-0.39, 0.29) is 5.92 Å². The number of rotatable bonds is 2. The topological polar surface area (TPSA) is 18.5 Å². The SMILES string of the molecule is CCOC1(C)CC(C)C(F)O1. The zero-order valence-corrected chi connectivity index (χ0v) is 7.26. The monoisotopic (exact) mass is 162 g/mol. The number of alkyl halides is 1. The van der Waals surface area contributed by atoms with Crippen LogP contribution in [0.1, 0.15) is 27.2 Å². The van der Waals surface area contributed by atoms with E-state index in [0.717, 1.165) is 0 Å². The van der Waals surface area contributed by atoms with Crippen LogP contribution in [0, 0.1) is 5.92 Å². The molecule has 1 heterocycles.